The van der Waals surface area contributed by atoms with Crippen LogP contribution in [0.3, 0.4) is 0 Å². The number of rotatable bonds is 1. The van der Waals surface area contributed by atoms with Crippen molar-refractivity contribution in [3.8, 4) is 0 Å². The normalized spacial score (nSPS) is 15.0. The zero-order valence-corrected chi connectivity index (χ0v) is 13.5. The van der Waals surface area contributed by atoms with Gasteiger partial charge in [-0.3, -0.25) is 4.79 Å². The minimum atomic E-state index is 0. The average Bonchev–Trinajstić information content (AvgIpc) is 2.93. The molecule has 0 aliphatic carbocycles. The number of carbonyl (C=O) groups is 1. The summed E-state index contributed by atoms with van der Waals surface area (Å²) in [6.07, 6.45) is 1.83. The van der Waals surface area contributed by atoms with Crippen LogP contribution in [0.15, 0.2) is 36.5 Å². The number of nitrogens with one attached hydrogen (secondary N) is 1. The van der Waals surface area contributed by atoms with Gasteiger partial charge in [-0.15, -0.1) is 23.7 Å². The molecule has 0 atom stereocenters. The molecule has 4 nitrogen and oxygen atoms in total. The smallest absolute Gasteiger partial charge is 0.272 e. The number of nitrogens with zero attached hydrogens (tertiary/aromatic N) is 2. The maximum atomic E-state index is 12.5. The molecule has 0 bridgehead atoms. The Morgan fingerprint density at radius 2 is 1.91 bits per heavy atom. The molecule has 1 fully saturated rings. The summed E-state index contributed by atoms with van der Waals surface area (Å²) in [5.41, 5.74) is 0.549. The number of fused-ring (bicyclic) bond motifs is 3. The lowest BCUT2D eigenvalue weighted by atomic mass is 10.1. The predicted octanol–water partition coefficient (Wildman–Crippen LogP) is 2.92. The van der Waals surface area contributed by atoms with Crippen LogP contribution in [-0.4, -0.2) is 42.0 Å². The van der Waals surface area contributed by atoms with Gasteiger partial charge in [0.05, 0.1) is 4.70 Å². The van der Waals surface area contributed by atoms with Crippen molar-refractivity contribution >= 4 is 49.8 Å². The fourth-order valence-electron chi connectivity index (χ4n) is 2.78. The standard InChI is InChI=1S/C16H15N3OS.ClH/c20-16(19-7-5-17-6-8-19)13-9-12-11-3-1-2-4-14(11)21-15(12)10-18-13;/h1-4,9-10,17H,5-8H2;1H. The van der Waals surface area contributed by atoms with Crippen molar-refractivity contribution in [2.24, 2.45) is 0 Å². The van der Waals surface area contributed by atoms with E-state index in [1.54, 1.807) is 11.3 Å². The first-order valence-corrected chi connectivity index (χ1v) is 7.92. The van der Waals surface area contributed by atoms with Crippen LogP contribution in [0, 0.1) is 0 Å². The Morgan fingerprint density at radius 1 is 1.14 bits per heavy atom. The van der Waals surface area contributed by atoms with Gasteiger partial charge in [0.25, 0.3) is 5.91 Å². The first-order valence-electron chi connectivity index (χ1n) is 7.10. The minimum Gasteiger partial charge on any atom is -0.335 e. The van der Waals surface area contributed by atoms with Crippen LogP contribution in [0.1, 0.15) is 10.5 Å². The van der Waals surface area contributed by atoms with Crippen LogP contribution in [-0.2, 0) is 0 Å². The van der Waals surface area contributed by atoms with E-state index in [4.69, 9.17) is 0 Å². The Balaban J connectivity index is 0.00000144. The maximum Gasteiger partial charge on any atom is 0.272 e. The molecule has 1 saturated heterocycles. The SMILES string of the molecule is Cl.O=C(c1cc2c(cn1)sc1ccccc12)N1CCNCC1. The summed E-state index contributed by atoms with van der Waals surface area (Å²) in [6, 6.07) is 10.2. The average molecular weight is 334 g/mol. The lowest BCUT2D eigenvalue weighted by Crippen LogP contribution is -2.46. The molecule has 114 valence electrons. The molecule has 0 spiro atoms. The fraction of sp³-hybridized carbons (Fsp3) is 0.250. The summed E-state index contributed by atoms with van der Waals surface area (Å²) in [5, 5.41) is 5.59. The Labute approximate surface area is 138 Å². The van der Waals surface area contributed by atoms with E-state index in [2.05, 4.69) is 22.4 Å². The van der Waals surface area contributed by atoms with E-state index in [9.17, 15) is 4.79 Å². The molecule has 0 saturated carbocycles. The maximum absolute atomic E-state index is 12.5. The number of carbonyl (C=O) groups excluding carboxylic acids is 1. The lowest BCUT2D eigenvalue weighted by Gasteiger charge is -2.27. The van der Waals surface area contributed by atoms with E-state index >= 15 is 0 Å². The second kappa shape index (κ2) is 6.20. The van der Waals surface area contributed by atoms with Gasteiger partial charge in [0.2, 0.25) is 0 Å². The van der Waals surface area contributed by atoms with Crippen LogP contribution >= 0.6 is 23.7 Å². The largest absolute Gasteiger partial charge is 0.335 e. The zero-order chi connectivity index (χ0) is 14.2. The Bertz CT molecular complexity index is 826. The molecular formula is C16H16ClN3OS. The quantitative estimate of drug-likeness (QED) is 0.744. The molecule has 0 unspecified atom stereocenters. The predicted molar refractivity (Wildman–Crippen MR) is 93.1 cm³/mol. The van der Waals surface area contributed by atoms with Crippen LogP contribution < -0.4 is 5.32 Å². The summed E-state index contributed by atoms with van der Waals surface area (Å²) in [7, 11) is 0. The van der Waals surface area contributed by atoms with E-state index in [1.165, 1.54) is 10.1 Å². The summed E-state index contributed by atoms with van der Waals surface area (Å²) in [6.45, 7) is 3.22. The number of halogens is 1. The van der Waals surface area contributed by atoms with Gasteiger partial charge in [0.1, 0.15) is 5.69 Å². The first kappa shape index (κ1) is 15.2. The molecule has 22 heavy (non-hydrogen) atoms. The third-order valence-electron chi connectivity index (χ3n) is 3.89. The first-order chi connectivity index (χ1) is 10.3. The molecule has 2 aromatic heterocycles. The van der Waals surface area contributed by atoms with E-state index in [-0.39, 0.29) is 18.3 Å². The van der Waals surface area contributed by atoms with Gasteiger partial charge >= 0.3 is 0 Å². The second-order valence-corrected chi connectivity index (χ2v) is 6.29. The van der Waals surface area contributed by atoms with Crippen molar-refractivity contribution in [3.63, 3.8) is 0 Å². The van der Waals surface area contributed by atoms with E-state index in [1.807, 2.05) is 29.3 Å². The monoisotopic (exact) mass is 333 g/mol. The second-order valence-electron chi connectivity index (χ2n) is 5.21. The highest BCUT2D eigenvalue weighted by atomic mass is 35.5. The number of thiophene rings is 1. The molecular weight excluding hydrogens is 318 g/mol. The molecule has 3 aromatic rings. The number of piperazine rings is 1. The molecule has 1 aliphatic rings. The highest BCUT2D eigenvalue weighted by Crippen LogP contribution is 2.33. The van der Waals surface area contributed by atoms with Crippen molar-refractivity contribution in [2.45, 2.75) is 0 Å². The number of pyridine rings is 1. The third kappa shape index (κ3) is 2.56. The highest BCUT2D eigenvalue weighted by Gasteiger charge is 2.19. The van der Waals surface area contributed by atoms with E-state index in [0.29, 0.717) is 5.69 Å². The van der Waals surface area contributed by atoms with Crippen molar-refractivity contribution in [2.75, 3.05) is 26.2 Å². The summed E-state index contributed by atoms with van der Waals surface area (Å²) in [5.74, 6) is 0.0358. The highest BCUT2D eigenvalue weighted by molar-refractivity contribution is 7.25. The molecule has 6 heteroatoms. The van der Waals surface area contributed by atoms with Crippen molar-refractivity contribution in [3.05, 3.63) is 42.2 Å². The molecule has 1 N–H and O–H groups in total. The van der Waals surface area contributed by atoms with Gasteiger partial charge < -0.3 is 10.2 Å². The topological polar surface area (TPSA) is 45.2 Å². The molecule has 0 radical (unpaired) electrons. The van der Waals surface area contributed by atoms with Crippen molar-refractivity contribution in [1.82, 2.24) is 15.2 Å². The molecule has 1 aromatic carbocycles. The van der Waals surface area contributed by atoms with Crippen LogP contribution in [0.25, 0.3) is 20.2 Å². The minimum absolute atomic E-state index is 0. The number of aromatic nitrogens is 1. The number of hydrogen-bond donors (Lipinski definition) is 1. The number of amides is 1. The Hall–Kier alpha value is -1.69. The Morgan fingerprint density at radius 3 is 2.73 bits per heavy atom. The summed E-state index contributed by atoms with van der Waals surface area (Å²) >= 11 is 1.72. The zero-order valence-electron chi connectivity index (χ0n) is 11.9. The van der Waals surface area contributed by atoms with Gasteiger partial charge in [-0.2, -0.15) is 0 Å². The van der Waals surface area contributed by atoms with Crippen LogP contribution in [0.4, 0.5) is 0 Å². The van der Waals surface area contributed by atoms with Crippen molar-refractivity contribution in [1.29, 1.82) is 0 Å². The summed E-state index contributed by atoms with van der Waals surface area (Å²) in [4.78, 5) is 18.8. The third-order valence-corrected chi connectivity index (χ3v) is 5.01. The fourth-order valence-corrected chi connectivity index (χ4v) is 3.83. The number of hydrogen-bond acceptors (Lipinski definition) is 4. The molecule has 3 heterocycles. The van der Waals surface area contributed by atoms with Crippen LogP contribution in [0.5, 0.6) is 0 Å². The molecule has 1 aliphatic heterocycles. The van der Waals surface area contributed by atoms with Crippen LogP contribution in [0.2, 0.25) is 0 Å². The number of benzene rings is 1. The van der Waals surface area contributed by atoms with Gasteiger partial charge in [-0.1, -0.05) is 18.2 Å². The van der Waals surface area contributed by atoms with E-state index in [0.717, 1.165) is 36.3 Å². The molecule has 4 rings (SSSR count). The lowest BCUT2D eigenvalue weighted by molar-refractivity contribution is 0.0730. The van der Waals surface area contributed by atoms with Gasteiger partial charge in [-0.05, 0) is 12.1 Å². The van der Waals surface area contributed by atoms with Crippen molar-refractivity contribution < 1.29 is 4.79 Å². The van der Waals surface area contributed by atoms with Gasteiger partial charge in [0, 0.05) is 47.8 Å². The summed E-state index contributed by atoms with van der Waals surface area (Å²) < 4.78 is 2.37. The molecule has 1 amide bonds. The van der Waals surface area contributed by atoms with E-state index < -0.39 is 0 Å². The Kier molecular flexibility index (Phi) is 4.29. The van der Waals surface area contributed by atoms with Gasteiger partial charge in [-0.25, -0.2) is 4.98 Å². The van der Waals surface area contributed by atoms with Gasteiger partial charge in [0.15, 0.2) is 0 Å².